The maximum Gasteiger partial charge on any atom is 0.264 e. The van der Waals surface area contributed by atoms with Crippen molar-refractivity contribution in [2.75, 3.05) is 10.8 Å². The summed E-state index contributed by atoms with van der Waals surface area (Å²) in [4.78, 5) is 13.1. The van der Waals surface area contributed by atoms with Gasteiger partial charge in [-0.1, -0.05) is 54.1 Å². The number of anilines is 1. The molecule has 7 nitrogen and oxygen atoms in total. The molecule has 8 heteroatoms. The van der Waals surface area contributed by atoms with Crippen molar-refractivity contribution in [3.63, 3.8) is 0 Å². The summed E-state index contributed by atoms with van der Waals surface area (Å²) in [6, 6.07) is 21.9. The van der Waals surface area contributed by atoms with E-state index in [4.69, 9.17) is 0 Å². The van der Waals surface area contributed by atoms with E-state index in [1.165, 1.54) is 11.1 Å². The molecule has 39 heavy (non-hydrogen) atoms. The number of benzene rings is 3. The van der Waals surface area contributed by atoms with E-state index >= 15 is 0 Å². The van der Waals surface area contributed by atoms with Crippen LogP contribution in [0.1, 0.15) is 39.2 Å². The van der Waals surface area contributed by atoms with E-state index in [0.29, 0.717) is 5.69 Å². The van der Waals surface area contributed by atoms with Gasteiger partial charge in [-0.05, 0) is 82.5 Å². The predicted molar refractivity (Wildman–Crippen MR) is 157 cm³/mol. The third-order valence-electron chi connectivity index (χ3n) is 6.81. The molecule has 0 aliphatic heterocycles. The minimum Gasteiger partial charge on any atom is -0.317 e. The first-order valence-corrected chi connectivity index (χ1v) is 14.2. The summed E-state index contributed by atoms with van der Waals surface area (Å²) in [6.45, 7) is 11.5. The second-order valence-corrected chi connectivity index (χ2v) is 11.7. The first-order valence-electron chi connectivity index (χ1n) is 12.7. The lowest BCUT2D eigenvalue weighted by Gasteiger charge is -2.25. The lowest BCUT2D eigenvalue weighted by atomic mass is 10.1. The number of hydrogen-bond donors (Lipinski definition) is 1. The first kappa shape index (κ1) is 27.9. The highest BCUT2D eigenvalue weighted by Gasteiger charge is 2.28. The molecule has 4 aromatic rings. The van der Waals surface area contributed by atoms with Crippen molar-refractivity contribution >= 4 is 27.8 Å². The van der Waals surface area contributed by atoms with Gasteiger partial charge in [-0.25, -0.2) is 13.8 Å². The Kier molecular flexibility index (Phi) is 8.06. The van der Waals surface area contributed by atoms with Gasteiger partial charge in [-0.3, -0.25) is 9.10 Å². The number of nitrogens with one attached hydrogen (secondary N) is 1. The Morgan fingerprint density at radius 3 is 2.13 bits per heavy atom. The summed E-state index contributed by atoms with van der Waals surface area (Å²) in [6.07, 6.45) is 1.59. The zero-order chi connectivity index (χ0) is 28.3. The van der Waals surface area contributed by atoms with Crippen LogP contribution in [0.25, 0.3) is 5.69 Å². The zero-order valence-electron chi connectivity index (χ0n) is 23.2. The van der Waals surface area contributed by atoms with E-state index in [-0.39, 0.29) is 4.90 Å². The average molecular weight is 543 g/mol. The maximum absolute atomic E-state index is 13.6. The molecule has 0 aliphatic rings. The lowest BCUT2D eigenvalue weighted by molar-refractivity contribution is -0.119. The molecule has 1 aromatic heterocycles. The fourth-order valence-electron chi connectivity index (χ4n) is 4.74. The van der Waals surface area contributed by atoms with E-state index < -0.39 is 22.5 Å². The van der Waals surface area contributed by atoms with E-state index in [0.717, 1.165) is 38.1 Å². The minimum atomic E-state index is -4.00. The van der Waals surface area contributed by atoms with Crippen LogP contribution < -0.4 is 9.73 Å². The molecule has 3 aromatic carbocycles. The SMILES string of the molecule is Cc1ccc(S(=O)(=O)N(CC(=O)N/N=C\c2cc(C)n(-c3c(C)cccc3C)c2C)c2ccccc2C)cc1. The predicted octanol–water partition coefficient (Wildman–Crippen LogP) is 5.67. The summed E-state index contributed by atoms with van der Waals surface area (Å²) in [5.74, 6) is -0.547. The van der Waals surface area contributed by atoms with E-state index in [1.54, 1.807) is 42.6 Å². The largest absolute Gasteiger partial charge is 0.317 e. The molecule has 0 atom stereocenters. The Labute approximate surface area is 230 Å². The molecule has 1 amide bonds. The third kappa shape index (κ3) is 5.81. The van der Waals surface area contributed by atoms with Crippen LogP contribution in [-0.4, -0.2) is 31.7 Å². The van der Waals surface area contributed by atoms with E-state index in [1.807, 2.05) is 52.0 Å². The second kappa shape index (κ2) is 11.3. The Hall–Kier alpha value is -4.17. The number of aryl methyl sites for hydroxylation is 5. The molecule has 0 radical (unpaired) electrons. The molecule has 0 saturated heterocycles. The Balaban J connectivity index is 1.58. The quantitative estimate of drug-likeness (QED) is 0.230. The van der Waals surface area contributed by atoms with Gasteiger partial charge in [0.25, 0.3) is 15.9 Å². The second-order valence-electron chi connectivity index (χ2n) is 9.81. The van der Waals surface area contributed by atoms with Gasteiger partial charge in [0, 0.05) is 17.0 Å². The average Bonchev–Trinajstić information content (AvgIpc) is 3.16. The van der Waals surface area contributed by atoms with Crippen molar-refractivity contribution in [2.24, 2.45) is 5.10 Å². The van der Waals surface area contributed by atoms with Gasteiger partial charge in [0.2, 0.25) is 0 Å². The zero-order valence-corrected chi connectivity index (χ0v) is 24.0. The Morgan fingerprint density at radius 1 is 0.872 bits per heavy atom. The lowest BCUT2D eigenvalue weighted by Crippen LogP contribution is -2.40. The van der Waals surface area contributed by atoms with Crippen LogP contribution in [0.5, 0.6) is 0 Å². The number of amides is 1. The smallest absolute Gasteiger partial charge is 0.264 e. The number of sulfonamides is 1. The Morgan fingerprint density at radius 2 is 1.49 bits per heavy atom. The highest BCUT2D eigenvalue weighted by atomic mass is 32.2. The molecule has 0 spiro atoms. The topological polar surface area (TPSA) is 83.8 Å². The number of carbonyl (C=O) groups is 1. The van der Waals surface area contributed by atoms with Gasteiger partial charge < -0.3 is 4.57 Å². The van der Waals surface area contributed by atoms with Crippen LogP contribution in [0.2, 0.25) is 0 Å². The van der Waals surface area contributed by atoms with Gasteiger partial charge in [0.05, 0.1) is 22.5 Å². The molecule has 0 aliphatic carbocycles. The molecular weight excluding hydrogens is 508 g/mol. The van der Waals surface area contributed by atoms with Crippen LogP contribution >= 0.6 is 0 Å². The highest BCUT2D eigenvalue weighted by Crippen LogP contribution is 2.27. The number of nitrogens with zero attached hydrogens (tertiary/aromatic N) is 3. The molecule has 0 unspecified atom stereocenters. The van der Waals surface area contributed by atoms with Crippen LogP contribution in [-0.2, 0) is 14.8 Å². The normalized spacial score (nSPS) is 11.6. The summed E-state index contributed by atoms with van der Waals surface area (Å²) in [5, 5.41) is 4.17. The van der Waals surface area contributed by atoms with Crippen LogP contribution in [0.4, 0.5) is 5.69 Å². The van der Waals surface area contributed by atoms with Crippen LogP contribution in [0, 0.1) is 41.5 Å². The molecule has 202 valence electrons. The van der Waals surface area contributed by atoms with Gasteiger partial charge in [-0.2, -0.15) is 5.10 Å². The molecule has 0 saturated carbocycles. The summed E-state index contributed by atoms with van der Waals surface area (Å²) in [7, 11) is -4.00. The molecular formula is C31H34N4O3S. The standard InChI is InChI=1S/C31H34N4O3S/c1-21-14-16-28(17-15-21)39(37,38)34(29-13-8-7-10-22(29)2)20-30(36)33-32-19-27-18-25(5)35(26(27)6)31-23(3)11-9-12-24(31)4/h7-19H,20H2,1-6H3,(H,33,36)/b32-19-. The highest BCUT2D eigenvalue weighted by molar-refractivity contribution is 7.92. The number of rotatable bonds is 8. The van der Waals surface area contributed by atoms with Crippen molar-refractivity contribution in [3.8, 4) is 5.69 Å². The molecule has 1 N–H and O–H groups in total. The fourth-order valence-corrected chi connectivity index (χ4v) is 6.23. The molecule has 0 bridgehead atoms. The number of carbonyl (C=O) groups excluding carboxylic acids is 1. The number of para-hydroxylation sites is 2. The van der Waals surface area contributed by atoms with Crippen LogP contribution in [0.3, 0.4) is 0 Å². The van der Waals surface area contributed by atoms with Crippen molar-refractivity contribution < 1.29 is 13.2 Å². The van der Waals surface area contributed by atoms with Gasteiger partial charge in [0.1, 0.15) is 6.54 Å². The summed E-state index contributed by atoms with van der Waals surface area (Å²) in [5.41, 5.74) is 11.0. The molecule has 4 rings (SSSR count). The third-order valence-corrected chi connectivity index (χ3v) is 8.58. The van der Waals surface area contributed by atoms with Gasteiger partial charge in [0.15, 0.2) is 0 Å². The fraction of sp³-hybridized carbons (Fsp3) is 0.226. The van der Waals surface area contributed by atoms with E-state index in [2.05, 4.69) is 41.1 Å². The van der Waals surface area contributed by atoms with E-state index in [9.17, 15) is 13.2 Å². The van der Waals surface area contributed by atoms with Gasteiger partial charge >= 0.3 is 0 Å². The maximum atomic E-state index is 13.6. The summed E-state index contributed by atoms with van der Waals surface area (Å²) < 4.78 is 30.5. The van der Waals surface area contributed by atoms with Gasteiger partial charge in [-0.15, -0.1) is 0 Å². The van der Waals surface area contributed by atoms with Crippen molar-refractivity contribution in [1.82, 2.24) is 9.99 Å². The summed E-state index contributed by atoms with van der Waals surface area (Å²) >= 11 is 0. The molecule has 1 heterocycles. The van der Waals surface area contributed by atoms with Crippen molar-refractivity contribution in [3.05, 3.63) is 112 Å². The molecule has 0 fully saturated rings. The van der Waals surface area contributed by atoms with Crippen molar-refractivity contribution in [2.45, 2.75) is 46.4 Å². The number of hydrazone groups is 1. The number of hydrogen-bond acceptors (Lipinski definition) is 4. The minimum absolute atomic E-state index is 0.117. The van der Waals surface area contributed by atoms with Crippen LogP contribution in [0.15, 0.2) is 82.8 Å². The Bertz CT molecular complexity index is 1630. The number of aromatic nitrogens is 1. The monoisotopic (exact) mass is 542 g/mol. The van der Waals surface area contributed by atoms with Crippen molar-refractivity contribution in [1.29, 1.82) is 0 Å². The first-order chi connectivity index (χ1) is 18.5.